The Labute approximate surface area is 144 Å². The highest BCUT2D eigenvalue weighted by atomic mass is 16.6. The molecule has 0 atom stereocenters. The van der Waals surface area contributed by atoms with Gasteiger partial charge in [0.1, 0.15) is 5.69 Å². The molecule has 1 aromatic heterocycles. The van der Waals surface area contributed by atoms with Crippen LogP contribution in [0.1, 0.15) is 11.1 Å². The topological polar surface area (TPSA) is 96.8 Å². The molecule has 7 nitrogen and oxygen atoms in total. The van der Waals surface area contributed by atoms with Gasteiger partial charge >= 0.3 is 0 Å². The predicted molar refractivity (Wildman–Crippen MR) is 93.8 cm³/mol. The van der Waals surface area contributed by atoms with Crippen LogP contribution in [0.4, 0.5) is 11.4 Å². The van der Waals surface area contributed by atoms with E-state index in [1.807, 2.05) is 49.6 Å². The van der Waals surface area contributed by atoms with Gasteiger partial charge in [0.05, 0.1) is 22.2 Å². The molecule has 0 aliphatic heterocycles. The first kappa shape index (κ1) is 16.2. The molecule has 0 aliphatic carbocycles. The van der Waals surface area contributed by atoms with E-state index < -0.39 is 4.92 Å². The largest absolute Gasteiger partial charge is 0.375 e. The Morgan fingerprint density at radius 1 is 1.28 bits per heavy atom. The predicted octanol–water partition coefficient (Wildman–Crippen LogP) is 3.48. The van der Waals surface area contributed by atoms with E-state index in [2.05, 4.69) is 10.4 Å². The molecule has 0 amide bonds. The van der Waals surface area contributed by atoms with Crippen molar-refractivity contribution in [2.45, 2.75) is 6.54 Å². The highest BCUT2D eigenvalue weighted by Gasteiger charge is 2.16. The minimum atomic E-state index is -0.496. The van der Waals surface area contributed by atoms with Crippen molar-refractivity contribution in [1.82, 2.24) is 9.78 Å². The number of anilines is 1. The van der Waals surface area contributed by atoms with Crippen molar-refractivity contribution in [1.29, 1.82) is 5.26 Å². The van der Waals surface area contributed by atoms with Gasteiger partial charge in [-0.3, -0.25) is 14.8 Å². The maximum Gasteiger partial charge on any atom is 0.293 e. The van der Waals surface area contributed by atoms with Crippen LogP contribution in [0.15, 0.2) is 54.7 Å². The molecule has 1 heterocycles. The van der Waals surface area contributed by atoms with E-state index in [1.54, 1.807) is 16.8 Å². The monoisotopic (exact) mass is 333 g/mol. The second-order valence-electron chi connectivity index (χ2n) is 5.50. The Hall–Kier alpha value is -3.66. The summed E-state index contributed by atoms with van der Waals surface area (Å²) in [5, 5.41) is 27.7. The fraction of sp³-hybridized carbons (Fsp3) is 0.111. The van der Waals surface area contributed by atoms with E-state index in [1.165, 1.54) is 6.07 Å². The number of nitriles is 1. The molecule has 0 fully saturated rings. The molecule has 7 heteroatoms. The smallest absolute Gasteiger partial charge is 0.293 e. The average molecular weight is 333 g/mol. The van der Waals surface area contributed by atoms with Crippen molar-refractivity contribution in [3.05, 3.63) is 76.0 Å². The molecule has 3 rings (SSSR count). The number of benzene rings is 2. The molecule has 124 valence electrons. The number of hydrogen-bond acceptors (Lipinski definition) is 5. The van der Waals surface area contributed by atoms with Crippen LogP contribution in [0.3, 0.4) is 0 Å². The zero-order valence-corrected chi connectivity index (χ0v) is 13.5. The normalized spacial score (nSPS) is 10.2. The number of nitrogens with one attached hydrogen (secondary N) is 1. The second kappa shape index (κ2) is 6.84. The minimum Gasteiger partial charge on any atom is -0.375 e. The van der Waals surface area contributed by atoms with Crippen LogP contribution in [0.5, 0.6) is 0 Å². The van der Waals surface area contributed by atoms with Crippen LogP contribution in [-0.4, -0.2) is 14.7 Å². The zero-order chi connectivity index (χ0) is 17.8. The number of rotatable bonds is 5. The summed E-state index contributed by atoms with van der Waals surface area (Å²) in [5.74, 6) is 0. The summed E-state index contributed by atoms with van der Waals surface area (Å²) in [6.07, 6.45) is 1.88. The van der Waals surface area contributed by atoms with Crippen LogP contribution in [0, 0.1) is 21.4 Å². The van der Waals surface area contributed by atoms with Gasteiger partial charge in [-0.2, -0.15) is 10.4 Å². The molecule has 0 bridgehead atoms. The highest BCUT2D eigenvalue weighted by molar-refractivity contribution is 5.66. The fourth-order valence-electron chi connectivity index (χ4n) is 2.60. The molecule has 25 heavy (non-hydrogen) atoms. The van der Waals surface area contributed by atoms with Gasteiger partial charge in [-0.05, 0) is 12.1 Å². The van der Waals surface area contributed by atoms with Crippen molar-refractivity contribution in [2.24, 2.45) is 7.05 Å². The number of nitro benzene ring substituents is 1. The molecule has 0 radical (unpaired) electrons. The van der Waals surface area contributed by atoms with E-state index in [0.717, 1.165) is 16.8 Å². The third kappa shape index (κ3) is 3.48. The maximum atomic E-state index is 11.2. The SMILES string of the molecule is Cn1cc(CNc2ccc(C#N)cc2[N+](=O)[O-])c(-c2ccccc2)n1. The summed E-state index contributed by atoms with van der Waals surface area (Å²) >= 11 is 0. The Morgan fingerprint density at radius 2 is 2.04 bits per heavy atom. The van der Waals surface area contributed by atoms with E-state index in [-0.39, 0.29) is 11.3 Å². The van der Waals surface area contributed by atoms with Crippen molar-refractivity contribution in [2.75, 3.05) is 5.32 Å². The van der Waals surface area contributed by atoms with Crippen LogP contribution in [-0.2, 0) is 13.6 Å². The summed E-state index contributed by atoms with van der Waals surface area (Å²) in [4.78, 5) is 10.7. The van der Waals surface area contributed by atoms with Gasteiger partial charge < -0.3 is 5.32 Å². The molecule has 0 aliphatic rings. The van der Waals surface area contributed by atoms with Crippen LogP contribution in [0.2, 0.25) is 0 Å². The van der Waals surface area contributed by atoms with E-state index in [9.17, 15) is 10.1 Å². The Kier molecular flexibility index (Phi) is 4.44. The molecule has 0 saturated heterocycles. The number of aryl methyl sites for hydroxylation is 1. The van der Waals surface area contributed by atoms with Gasteiger partial charge in [-0.1, -0.05) is 30.3 Å². The Morgan fingerprint density at radius 3 is 2.72 bits per heavy atom. The maximum absolute atomic E-state index is 11.2. The highest BCUT2D eigenvalue weighted by Crippen LogP contribution is 2.27. The molecule has 3 aromatic rings. The first-order valence-corrected chi connectivity index (χ1v) is 7.59. The first-order valence-electron chi connectivity index (χ1n) is 7.59. The molecule has 0 spiro atoms. The van der Waals surface area contributed by atoms with Gasteiger partial charge in [0.2, 0.25) is 0 Å². The molecule has 2 aromatic carbocycles. The van der Waals surface area contributed by atoms with Crippen molar-refractivity contribution in [3.63, 3.8) is 0 Å². The third-order valence-electron chi connectivity index (χ3n) is 3.74. The number of nitro groups is 1. The quantitative estimate of drug-likeness (QED) is 0.569. The Bertz CT molecular complexity index is 957. The summed E-state index contributed by atoms with van der Waals surface area (Å²) in [6.45, 7) is 0.380. The van der Waals surface area contributed by atoms with E-state index in [0.29, 0.717) is 12.2 Å². The van der Waals surface area contributed by atoms with Gasteiger partial charge in [0, 0.05) is 37.0 Å². The summed E-state index contributed by atoms with van der Waals surface area (Å²) in [6, 6.07) is 16.0. The molecule has 0 saturated carbocycles. The number of aromatic nitrogens is 2. The van der Waals surface area contributed by atoms with Gasteiger partial charge in [-0.15, -0.1) is 0 Å². The van der Waals surface area contributed by atoms with Crippen molar-refractivity contribution < 1.29 is 4.92 Å². The number of nitrogens with zero attached hydrogens (tertiary/aromatic N) is 4. The zero-order valence-electron chi connectivity index (χ0n) is 13.5. The lowest BCUT2D eigenvalue weighted by atomic mass is 10.1. The first-order chi connectivity index (χ1) is 12.1. The fourth-order valence-corrected chi connectivity index (χ4v) is 2.60. The van der Waals surface area contributed by atoms with Crippen molar-refractivity contribution >= 4 is 11.4 Å². The van der Waals surface area contributed by atoms with Crippen LogP contribution >= 0.6 is 0 Å². The van der Waals surface area contributed by atoms with Gasteiger partial charge in [0.25, 0.3) is 5.69 Å². The number of hydrogen-bond donors (Lipinski definition) is 1. The van der Waals surface area contributed by atoms with E-state index in [4.69, 9.17) is 5.26 Å². The third-order valence-corrected chi connectivity index (χ3v) is 3.74. The Balaban J connectivity index is 1.88. The van der Waals surface area contributed by atoms with E-state index >= 15 is 0 Å². The molecular weight excluding hydrogens is 318 g/mol. The minimum absolute atomic E-state index is 0.121. The summed E-state index contributed by atoms with van der Waals surface area (Å²) in [7, 11) is 1.83. The van der Waals surface area contributed by atoms with Gasteiger partial charge in [0.15, 0.2) is 0 Å². The molecule has 1 N–H and O–H groups in total. The summed E-state index contributed by atoms with van der Waals surface area (Å²) < 4.78 is 1.71. The molecular formula is C18H15N5O2. The van der Waals surface area contributed by atoms with Crippen molar-refractivity contribution in [3.8, 4) is 17.3 Å². The van der Waals surface area contributed by atoms with Gasteiger partial charge in [-0.25, -0.2) is 0 Å². The lowest BCUT2D eigenvalue weighted by Gasteiger charge is -2.08. The lowest BCUT2D eigenvalue weighted by molar-refractivity contribution is -0.384. The molecule has 0 unspecified atom stereocenters. The standard InChI is InChI=1S/C18H15N5O2/c1-22-12-15(18(21-22)14-5-3-2-4-6-14)11-20-16-8-7-13(10-19)9-17(16)23(24)25/h2-9,12,20H,11H2,1H3. The average Bonchev–Trinajstić information content (AvgIpc) is 3.01. The van der Waals surface area contributed by atoms with Crippen LogP contribution < -0.4 is 5.32 Å². The second-order valence-corrected chi connectivity index (χ2v) is 5.50. The van der Waals surface area contributed by atoms with Crippen LogP contribution in [0.25, 0.3) is 11.3 Å². The summed E-state index contributed by atoms with van der Waals surface area (Å²) in [5.41, 5.74) is 3.23. The lowest BCUT2D eigenvalue weighted by Crippen LogP contribution is -2.03.